The summed E-state index contributed by atoms with van der Waals surface area (Å²) in [7, 11) is -3.14. The van der Waals surface area contributed by atoms with Crippen LogP contribution in [0.15, 0.2) is 18.2 Å². The number of nitrogens with zero attached hydrogens (tertiary/aromatic N) is 1. The van der Waals surface area contributed by atoms with Gasteiger partial charge in [-0.25, -0.2) is 8.42 Å². The van der Waals surface area contributed by atoms with E-state index in [1.54, 1.807) is 17.8 Å². The highest BCUT2D eigenvalue weighted by molar-refractivity contribution is 8.01. The summed E-state index contributed by atoms with van der Waals surface area (Å²) in [6.45, 7) is 3.35. The van der Waals surface area contributed by atoms with Gasteiger partial charge in [0, 0.05) is 47.8 Å². The van der Waals surface area contributed by atoms with Gasteiger partial charge in [-0.2, -0.15) is 11.8 Å². The molecule has 5 nitrogen and oxygen atoms in total. The van der Waals surface area contributed by atoms with Gasteiger partial charge in [-0.1, -0.05) is 6.92 Å². The van der Waals surface area contributed by atoms with Crippen LogP contribution in [0.1, 0.15) is 13.3 Å². The number of thioether (sulfide) groups is 1. The fourth-order valence-corrected chi connectivity index (χ4v) is 5.15. The van der Waals surface area contributed by atoms with Crippen LogP contribution in [0.5, 0.6) is 5.75 Å². The molecule has 0 aliphatic carbocycles. The van der Waals surface area contributed by atoms with Crippen molar-refractivity contribution in [2.24, 2.45) is 0 Å². The number of anilines is 2. The minimum absolute atomic E-state index is 0.503. The summed E-state index contributed by atoms with van der Waals surface area (Å²) < 4.78 is 29.6. The Morgan fingerprint density at radius 3 is 2.86 bits per heavy atom. The zero-order valence-electron chi connectivity index (χ0n) is 12.4. The predicted octanol–water partition coefficient (Wildman–Crippen LogP) is 1.98. The lowest BCUT2D eigenvalue weighted by atomic mass is 10.2. The van der Waals surface area contributed by atoms with Gasteiger partial charge in [-0.3, -0.25) is 0 Å². The molecule has 1 aliphatic heterocycles. The summed E-state index contributed by atoms with van der Waals surface area (Å²) in [5, 5.41) is -0.503. The van der Waals surface area contributed by atoms with Gasteiger partial charge in [0.2, 0.25) is 0 Å². The molecule has 1 unspecified atom stereocenters. The van der Waals surface area contributed by atoms with E-state index in [-0.39, 0.29) is 0 Å². The van der Waals surface area contributed by atoms with E-state index in [1.807, 2.05) is 24.0 Å². The average molecular weight is 330 g/mol. The first-order valence-electron chi connectivity index (χ1n) is 6.98. The van der Waals surface area contributed by atoms with Crippen LogP contribution in [0.2, 0.25) is 0 Å². The van der Waals surface area contributed by atoms with Gasteiger partial charge in [0.05, 0.1) is 6.61 Å². The number of nitrogen functional groups attached to an aromatic ring is 1. The normalized spacial score (nSPS) is 19.5. The van der Waals surface area contributed by atoms with Crippen LogP contribution >= 0.6 is 11.8 Å². The number of ether oxygens (including phenoxy) is 1. The minimum Gasteiger partial charge on any atom is -0.493 e. The van der Waals surface area contributed by atoms with Crippen molar-refractivity contribution in [3.8, 4) is 5.75 Å². The van der Waals surface area contributed by atoms with E-state index in [0.717, 1.165) is 17.9 Å². The molecule has 1 aromatic carbocycles. The standard InChI is InChI=1S/C14H22N2O3S2/c1-3-5-19-13-8-11(15)7-12(9-13)16-4-6-20-10-14(16)21(2,17)18/h7-9,14H,3-6,10,15H2,1-2H3. The molecule has 1 saturated heterocycles. The molecule has 1 fully saturated rings. The van der Waals surface area contributed by atoms with Crippen molar-refractivity contribution < 1.29 is 13.2 Å². The fourth-order valence-electron chi connectivity index (χ4n) is 2.31. The Hall–Kier alpha value is -1.08. The summed E-state index contributed by atoms with van der Waals surface area (Å²) in [6.07, 6.45) is 2.20. The highest BCUT2D eigenvalue weighted by Gasteiger charge is 2.31. The third kappa shape index (κ3) is 4.20. The van der Waals surface area contributed by atoms with Crippen LogP contribution in [0.3, 0.4) is 0 Å². The summed E-state index contributed by atoms with van der Waals surface area (Å²) in [5.74, 6) is 2.18. The van der Waals surface area contributed by atoms with Crippen molar-refractivity contribution in [2.75, 3.05) is 41.5 Å². The summed E-state index contributed by atoms with van der Waals surface area (Å²) in [6, 6.07) is 5.46. The monoisotopic (exact) mass is 330 g/mol. The molecule has 0 bridgehead atoms. The van der Waals surface area contributed by atoms with E-state index in [4.69, 9.17) is 10.5 Å². The van der Waals surface area contributed by atoms with E-state index < -0.39 is 15.2 Å². The zero-order valence-corrected chi connectivity index (χ0v) is 14.0. The minimum atomic E-state index is -3.14. The molecule has 118 valence electrons. The van der Waals surface area contributed by atoms with E-state index >= 15 is 0 Å². The Bertz CT molecular complexity index is 590. The number of sulfone groups is 1. The molecule has 21 heavy (non-hydrogen) atoms. The molecule has 2 N–H and O–H groups in total. The largest absolute Gasteiger partial charge is 0.493 e. The van der Waals surface area contributed by atoms with Crippen molar-refractivity contribution in [3.05, 3.63) is 18.2 Å². The van der Waals surface area contributed by atoms with Gasteiger partial charge in [-0.15, -0.1) is 0 Å². The SMILES string of the molecule is CCCOc1cc(N)cc(N2CCSCC2S(C)(=O)=O)c1. The lowest BCUT2D eigenvalue weighted by Crippen LogP contribution is -2.47. The van der Waals surface area contributed by atoms with Crippen LogP contribution in [0, 0.1) is 0 Å². The Morgan fingerprint density at radius 2 is 2.19 bits per heavy atom. The van der Waals surface area contributed by atoms with E-state index in [0.29, 0.717) is 30.3 Å². The van der Waals surface area contributed by atoms with Gasteiger partial charge >= 0.3 is 0 Å². The third-order valence-electron chi connectivity index (χ3n) is 3.30. The van der Waals surface area contributed by atoms with Crippen molar-refractivity contribution in [2.45, 2.75) is 18.7 Å². The second-order valence-electron chi connectivity index (χ2n) is 5.16. The van der Waals surface area contributed by atoms with Crippen molar-refractivity contribution in [1.82, 2.24) is 0 Å². The molecular formula is C14H22N2O3S2. The maximum atomic E-state index is 12.0. The van der Waals surface area contributed by atoms with E-state index in [1.165, 1.54) is 6.26 Å². The van der Waals surface area contributed by atoms with Gasteiger partial charge in [0.25, 0.3) is 0 Å². The van der Waals surface area contributed by atoms with E-state index in [9.17, 15) is 8.42 Å². The van der Waals surface area contributed by atoms with Crippen molar-refractivity contribution in [3.63, 3.8) is 0 Å². The molecule has 0 radical (unpaired) electrons. The molecule has 7 heteroatoms. The lowest BCUT2D eigenvalue weighted by molar-refractivity contribution is 0.317. The van der Waals surface area contributed by atoms with Crippen LogP contribution in [0.25, 0.3) is 0 Å². The number of nitrogens with two attached hydrogens (primary N) is 1. The molecule has 1 atom stereocenters. The zero-order chi connectivity index (χ0) is 15.5. The maximum Gasteiger partial charge on any atom is 0.169 e. The molecular weight excluding hydrogens is 308 g/mol. The van der Waals surface area contributed by atoms with Crippen molar-refractivity contribution >= 4 is 33.0 Å². The number of hydrogen-bond donors (Lipinski definition) is 1. The maximum absolute atomic E-state index is 12.0. The van der Waals surface area contributed by atoms with Crippen molar-refractivity contribution in [1.29, 1.82) is 0 Å². The second kappa shape index (κ2) is 6.79. The Morgan fingerprint density at radius 1 is 1.43 bits per heavy atom. The first-order valence-corrected chi connectivity index (χ1v) is 10.1. The highest BCUT2D eigenvalue weighted by atomic mass is 32.2. The molecule has 1 heterocycles. The smallest absolute Gasteiger partial charge is 0.169 e. The summed E-state index contributed by atoms with van der Waals surface area (Å²) >= 11 is 1.67. The summed E-state index contributed by atoms with van der Waals surface area (Å²) in [5.41, 5.74) is 7.33. The number of hydrogen-bond acceptors (Lipinski definition) is 6. The quantitative estimate of drug-likeness (QED) is 0.832. The molecule has 0 spiro atoms. The number of rotatable bonds is 5. The van der Waals surface area contributed by atoms with Gasteiger partial charge in [0.1, 0.15) is 11.1 Å². The van der Waals surface area contributed by atoms with Crippen LogP contribution in [0.4, 0.5) is 11.4 Å². The lowest BCUT2D eigenvalue weighted by Gasteiger charge is -2.36. The fraction of sp³-hybridized carbons (Fsp3) is 0.571. The topological polar surface area (TPSA) is 72.6 Å². The molecule has 0 saturated carbocycles. The Labute approximate surface area is 130 Å². The van der Waals surface area contributed by atoms with Crippen LogP contribution in [-0.2, 0) is 9.84 Å². The van der Waals surface area contributed by atoms with Crippen LogP contribution in [-0.4, -0.2) is 44.7 Å². The second-order valence-corrected chi connectivity index (χ2v) is 8.51. The average Bonchev–Trinajstić information content (AvgIpc) is 2.43. The van der Waals surface area contributed by atoms with Gasteiger partial charge in [0.15, 0.2) is 9.84 Å². The third-order valence-corrected chi connectivity index (χ3v) is 5.94. The highest BCUT2D eigenvalue weighted by Crippen LogP contribution is 2.31. The Kier molecular flexibility index (Phi) is 5.27. The summed E-state index contributed by atoms with van der Waals surface area (Å²) in [4.78, 5) is 1.92. The molecule has 2 rings (SSSR count). The molecule has 0 aromatic heterocycles. The first-order chi connectivity index (χ1) is 9.91. The van der Waals surface area contributed by atoms with E-state index in [2.05, 4.69) is 0 Å². The van der Waals surface area contributed by atoms with Gasteiger partial charge in [-0.05, 0) is 12.5 Å². The molecule has 1 aromatic rings. The van der Waals surface area contributed by atoms with Crippen LogP contribution < -0.4 is 15.4 Å². The number of benzene rings is 1. The Balaban J connectivity index is 2.32. The predicted molar refractivity (Wildman–Crippen MR) is 89.9 cm³/mol. The molecule has 1 aliphatic rings. The van der Waals surface area contributed by atoms with Gasteiger partial charge < -0.3 is 15.4 Å². The molecule has 0 amide bonds. The first kappa shape index (κ1) is 16.3.